The van der Waals surface area contributed by atoms with Crippen LogP contribution in [0.1, 0.15) is 36.5 Å². The predicted molar refractivity (Wildman–Crippen MR) is 124 cm³/mol. The number of allylic oxidation sites excluding steroid dienone is 3. The van der Waals surface area contributed by atoms with E-state index in [-0.39, 0.29) is 0 Å². The molecule has 0 unspecified atom stereocenters. The summed E-state index contributed by atoms with van der Waals surface area (Å²) in [5.41, 5.74) is 9.80. The molecule has 1 aliphatic rings. The van der Waals surface area contributed by atoms with E-state index in [1.165, 1.54) is 27.8 Å². The molecule has 0 spiro atoms. The molecule has 3 aromatic carbocycles. The van der Waals surface area contributed by atoms with Gasteiger partial charge in [-0.1, -0.05) is 54.6 Å². The van der Waals surface area contributed by atoms with E-state index in [0.29, 0.717) is 12.3 Å². The highest BCUT2D eigenvalue weighted by atomic mass is 16.5. The van der Waals surface area contributed by atoms with Crippen molar-refractivity contribution in [1.82, 2.24) is 5.43 Å². The first-order valence-electron chi connectivity index (χ1n) is 10.0. The smallest absolute Gasteiger partial charge is 0.127 e. The molecular weight excluding hydrogens is 370 g/mol. The van der Waals surface area contributed by atoms with E-state index in [2.05, 4.69) is 54.8 Å². The Hall–Kier alpha value is -3.63. The van der Waals surface area contributed by atoms with E-state index in [4.69, 9.17) is 16.0 Å². The summed E-state index contributed by atoms with van der Waals surface area (Å²) in [4.78, 5) is 0. The fourth-order valence-corrected chi connectivity index (χ4v) is 3.80. The highest BCUT2D eigenvalue weighted by Crippen LogP contribution is 2.43. The first kappa shape index (κ1) is 19.7. The van der Waals surface area contributed by atoms with Gasteiger partial charge in [-0.2, -0.15) is 0 Å². The first-order chi connectivity index (χ1) is 14.7. The molecule has 0 aliphatic heterocycles. The van der Waals surface area contributed by atoms with Crippen LogP contribution in [0.3, 0.4) is 0 Å². The number of hydrogen-bond acceptors (Lipinski definition) is 3. The Balaban J connectivity index is 1.60. The number of benzene rings is 3. The highest BCUT2D eigenvalue weighted by molar-refractivity contribution is 6.05. The molecule has 4 nitrogen and oxygen atoms in total. The number of nitrogens with one attached hydrogen (secondary N) is 2. The van der Waals surface area contributed by atoms with Crippen molar-refractivity contribution in [3.05, 3.63) is 101 Å². The Morgan fingerprint density at radius 3 is 2.23 bits per heavy atom. The lowest BCUT2D eigenvalue weighted by Gasteiger charge is -2.07. The SMILES string of the molecule is CC1=C(CCC(=N)NN)c2ccccc2/C1=C/c1ccc(Oc2ccccc2)cc1. The molecule has 30 heavy (non-hydrogen) atoms. The van der Waals surface area contributed by atoms with Crippen molar-refractivity contribution in [3.8, 4) is 11.5 Å². The van der Waals surface area contributed by atoms with Crippen molar-refractivity contribution < 1.29 is 4.74 Å². The lowest BCUT2D eigenvalue weighted by Crippen LogP contribution is -2.29. The number of nitrogens with two attached hydrogens (primary N) is 1. The van der Waals surface area contributed by atoms with Gasteiger partial charge in [0.25, 0.3) is 0 Å². The first-order valence-corrected chi connectivity index (χ1v) is 10.0. The molecule has 1 aliphatic carbocycles. The van der Waals surface area contributed by atoms with E-state index in [9.17, 15) is 0 Å². The highest BCUT2D eigenvalue weighted by Gasteiger charge is 2.23. The summed E-state index contributed by atoms with van der Waals surface area (Å²) in [7, 11) is 0. The van der Waals surface area contributed by atoms with E-state index in [0.717, 1.165) is 23.5 Å². The third-order valence-corrected chi connectivity index (χ3v) is 5.37. The van der Waals surface area contributed by atoms with E-state index >= 15 is 0 Å². The van der Waals surface area contributed by atoms with Gasteiger partial charge in [-0.3, -0.25) is 5.41 Å². The van der Waals surface area contributed by atoms with Crippen LogP contribution in [0.25, 0.3) is 17.2 Å². The Bertz CT molecular complexity index is 1110. The van der Waals surface area contributed by atoms with Gasteiger partial charge in [-0.05, 0) is 77.1 Å². The minimum Gasteiger partial charge on any atom is -0.457 e. The van der Waals surface area contributed by atoms with Crippen molar-refractivity contribution in [3.63, 3.8) is 0 Å². The number of ether oxygens (including phenoxy) is 1. The second kappa shape index (κ2) is 8.80. The second-order valence-electron chi connectivity index (χ2n) is 7.31. The van der Waals surface area contributed by atoms with Gasteiger partial charge >= 0.3 is 0 Å². The molecule has 150 valence electrons. The van der Waals surface area contributed by atoms with Crippen LogP contribution < -0.4 is 16.0 Å². The van der Waals surface area contributed by atoms with Crippen LogP contribution in [0.2, 0.25) is 0 Å². The lowest BCUT2D eigenvalue weighted by molar-refractivity contribution is 0.482. The molecule has 0 atom stereocenters. The summed E-state index contributed by atoms with van der Waals surface area (Å²) >= 11 is 0. The van der Waals surface area contributed by atoms with Crippen molar-refractivity contribution in [2.45, 2.75) is 19.8 Å². The molecule has 4 heteroatoms. The summed E-state index contributed by atoms with van der Waals surface area (Å²) < 4.78 is 5.90. The van der Waals surface area contributed by atoms with Gasteiger partial charge in [0, 0.05) is 6.42 Å². The standard InChI is InChI=1S/C26H25N3O/c1-18-22(15-16-26(27)29-28)23-9-5-6-10-24(23)25(18)17-19-11-13-21(14-12-19)30-20-7-3-2-4-8-20/h2-14,17H,15-16,28H2,1H3,(H2,27,29)/b25-17+. The topological polar surface area (TPSA) is 71.1 Å². The minimum atomic E-state index is 0.346. The number of para-hydroxylation sites is 1. The zero-order valence-electron chi connectivity index (χ0n) is 17.0. The molecule has 0 radical (unpaired) electrons. The van der Waals surface area contributed by atoms with Crippen LogP contribution in [0.15, 0.2) is 84.4 Å². The van der Waals surface area contributed by atoms with Gasteiger partial charge in [0.05, 0.1) is 0 Å². The number of fused-ring (bicyclic) bond motifs is 1. The quantitative estimate of drug-likeness (QED) is 0.207. The largest absolute Gasteiger partial charge is 0.457 e. The fourth-order valence-electron chi connectivity index (χ4n) is 3.80. The monoisotopic (exact) mass is 395 g/mol. The number of rotatable bonds is 6. The summed E-state index contributed by atoms with van der Waals surface area (Å²) in [6.07, 6.45) is 3.60. The lowest BCUT2D eigenvalue weighted by atomic mass is 10.0. The van der Waals surface area contributed by atoms with Crippen LogP contribution in [0.4, 0.5) is 0 Å². The summed E-state index contributed by atoms with van der Waals surface area (Å²) in [5.74, 6) is 7.35. The Kier molecular flexibility index (Phi) is 5.77. The van der Waals surface area contributed by atoms with Crippen LogP contribution in [0.5, 0.6) is 11.5 Å². The fraction of sp³-hybridized carbons (Fsp3) is 0.115. The molecule has 0 fully saturated rings. The van der Waals surface area contributed by atoms with Gasteiger partial charge in [0.15, 0.2) is 0 Å². The molecule has 0 aromatic heterocycles. The number of amidine groups is 1. The minimum absolute atomic E-state index is 0.346. The van der Waals surface area contributed by atoms with Gasteiger partial charge in [-0.25, -0.2) is 5.84 Å². The molecule has 0 saturated heterocycles. The van der Waals surface area contributed by atoms with Crippen molar-refractivity contribution in [2.24, 2.45) is 5.84 Å². The maximum Gasteiger partial charge on any atom is 0.127 e. The number of hydrogen-bond donors (Lipinski definition) is 3. The van der Waals surface area contributed by atoms with E-state index in [1.807, 2.05) is 42.5 Å². The van der Waals surface area contributed by atoms with Crippen molar-refractivity contribution in [2.75, 3.05) is 0 Å². The van der Waals surface area contributed by atoms with Gasteiger partial charge in [-0.15, -0.1) is 0 Å². The summed E-state index contributed by atoms with van der Waals surface area (Å²) in [6, 6.07) is 26.4. The van der Waals surface area contributed by atoms with E-state index < -0.39 is 0 Å². The van der Waals surface area contributed by atoms with Gasteiger partial charge in [0.1, 0.15) is 17.3 Å². The van der Waals surface area contributed by atoms with Crippen molar-refractivity contribution in [1.29, 1.82) is 5.41 Å². The summed E-state index contributed by atoms with van der Waals surface area (Å²) in [5, 5.41) is 7.80. The van der Waals surface area contributed by atoms with Gasteiger partial charge in [0.2, 0.25) is 0 Å². The molecule has 0 bridgehead atoms. The van der Waals surface area contributed by atoms with Crippen LogP contribution >= 0.6 is 0 Å². The molecule has 3 aromatic rings. The average molecular weight is 396 g/mol. The number of hydrazine groups is 1. The summed E-state index contributed by atoms with van der Waals surface area (Å²) in [6.45, 7) is 2.16. The molecule has 4 rings (SSSR count). The zero-order valence-corrected chi connectivity index (χ0v) is 17.0. The molecule has 4 N–H and O–H groups in total. The third-order valence-electron chi connectivity index (χ3n) is 5.37. The molecule has 0 amide bonds. The van der Waals surface area contributed by atoms with Gasteiger partial charge < -0.3 is 10.2 Å². The van der Waals surface area contributed by atoms with Crippen LogP contribution in [-0.4, -0.2) is 5.84 Å². The normalized spacial score (nSPS) is 14.0. The third kappa shape index (κ3) is 4.19. The van der Waals surface area contributed by atoms with E-state index in [1.54, 1.807) is 0 Å². The molecule has 0 saturated carbocycles. The van der Waals surface area contributed by atoms with Crippen LogP contribution in [-0.2, 0) is 0 Å². The Labute approximate surface area is 177 Å². The van der Waals surface area contributed by atoms with Crippen LogP contribution in [0, 0.1) is 5.41 Å². The molecular formula is C26H25N3O. The zero-order chi connectivity index (χ0) is 20.9. The maximum absolute atomic E-state index is 7.80. The maximum atomic E-state index is 7.80. The molecule has 0 heterocycles. The predicted octanol–water partition coefficient (Wildman–Crippen LogP) is 6.03. The Morgan fingerprint density at radius 2 is 1.53 bits per heavy atom. The second-order valence-corrected chi connectivity index (χ2v) is 7.31. The Morgan fingerprint density at radius 1 is 0.900 bits per heavy atom. The van der Waals surface area contributed by atoms with Crippen molar-refractivity contribution >= 4 is 23.1 Å². The average Bonchev–Trinajstić information content (AvgIpc) is 3.05.